The monoisotopic (exact) mass is 658 g/mol. The van der Waals surface area contributed by atoms with E-state index >= 15 is 4.39 Å². The minimum absolute atomic E-state index is 0.0249. The van der Waals surface area contributed by atoms with Gasteiger partial charge in [0.2, 0.25) is 0 Å². The van der Waals surface area contributed by atoms with Crippen molar-refractivity contribution in [3.05, 3.63) is 46.8 Å². The number of rotatable bonds is 5. The summed E-state index contributed by atoms with van der Waals surface area (Å²) in [6.45, 7) is 3.27. The Bertz CT molecular complexity index is 1790. The molecule has 2 unspecified atom stereocenters. The van der Waals surface area contributed by atoms with Crippen LogP contribution in [0.15, 0.2) is 41.0 Å². The van der Waals surface area contributed by atoms with Crippen molar-refractivity contribution in [1.29, 1.82) is 0 Å². The summed E-state index contributed by atoms with van der Waals surface area (Å²) in [5.74, 6) is 0.961. The van der Waals surface area contributed by atoms with Gasteiger partial charge in [0.1, 0.15) is 29.4 Å². The van der Waals surface area contributed by atoms with Gasteiger partial charge in [-0.05, 0) is 81.0 Å². The molecule has 5 aliphatic rings. The van der Waals surface area contributed by atoms with Crippen LogP contribution < -0.4 is 15.0 Å². The van der Waals surface area contributed by atoms with Gasteiger partial charge >= 0.3 is 6.01 Å². The van der Waals surface area contributed by atoms with Crippen LogP contribution in [-0.4, -0.2) is 74.9 Å². The van der Waals surface area contributed by atoms with Crippen LogP contribution in [0.4, 0.5) is 10.2 Å². The molecule has 1 aliphatic carbocycles. The quantitative estimate of drug-likeness (QED) is 0.263. The van der Waals surface area contributed by atoms with Crippen LogP contribution in [0.2, 0.25) is 0 Å². The molecule has 4 aliphatic heterocycles. The fraction of sp³-hybridized carbons (Fsp3) is 0.500. The normalized spacial score (nSPS) is 29.5. The molecule has 6 heterocycles. The number of hydrogen-bond acceptors (Lipinski definition) is 8. The lowest BCUT2D eigenvalue weighted by molar-refractivity contribution is 0.0832. The first-order valence-corrected chi connectivity index (χ1v) is 16.9. The van der Waals surface area contributed by atoms with Crippen molar-refractivity contribution in [1.82, 2.24) is 25.2 Å². The predicted molar refractivity (Wildman–Crippen MR) is 172 cm³/mol. The first-order valence-electron chi connectivity index (χ1n) is 16.1. The number of aromatic hydroxyl groups is 1. The van der Waals surface area contributed by atoms with Crippen molar-refractivity contribution in [3.8, 4) is 23.0 Å². The predicted octanol–water partition coefficient (Wildman–Crippen LogP) is 6.18. The van der Waals surface area contributed by atoms with Crippen molar-refractivity contribution in [2.45, 2.75) is 75.0 Å². The number of ether oxygens (including phenoxy) is 1. The molecule has 44 heavy (non-hydrogen) atoms. The summed E-state index contributed by atoms with van der Waals surface area (Å²) < 4.78 is 24.1. The number of aromatic nitrogens is 3. The zero-order valence-corrected chi connectivity index (χ0v) is 26.2. The molecule has 4 saturated heterocycles. The van der Waals surface area contributed by atoms with Gasteiger partial charge in [0.15, 0.2) is 5.82 Å². The highest BCUT2D eigenvalue weighted by Crippen LogP contribution is 2.51. The third-order valence-corrected chi connectivity index (χ3v) is 11.8. The van der Waals surface area contributed by atoms with E-state index < -0.39 is 5.82 Å². The molecule has 1 saturated carbocycles. The molecule has 2 N–H and O–H groups in total. The summed E-state index contributed by atoms with van der Waals surface area (Å²) in [5.41, 5.74) is 0.878. The second-order valence-corrected chi connectivity index (χ2v) is 14.5. The Kier molecular flexibility index (Phi) is 6.33. The van der Waals surface area contributed by atoms with Crippen molar-refractivity contribution in [2.24, 2.45) is 5.92 Å². The largest absolute Gasteiger partial charge is 0.508 e. The van der Waals surface area contributed by atoms with Gasteiger partial charge in [0.05, 0.1) is 10.9 Å². The fourth-order valence-electron chi connectivity index (χ4n) is 9.30. The van der Waals surface area contributed by atoms with E-state index in [-0.39, 0.29) is 28.5 Å². The molecule has 228 valence electrons. The SMILES string of the molecule is Oc1cc(-c2ncc3c(N4CC5CCC(C4)N5)nc(OC[C@@]45CCCN4[C@@H]4CCC[C@@H]4C5)nc3c2F)c2c(Br)cccc2c1. The van der Waals surface area contributed by atoms with Gasteiger partial charge in [-0.15, -0.1) is 0 Å². The number of phenols is 1. The third kappa shape index (κ3) is 4.24. The van der Waals surface area contributed by atoms with Gasteiger partial charge < -0.3 is 20.1 Å². The van der Waals surface area contributed by atoms with E-state index in [2.05, 4.69) is 36.0 Å². The minimum Gasteiger partial charge on any atom is -0.508 e. The number of nitrogens with zero attached hydrogens (tertiary/aromatic N) is 5. The molecule has 2 aromatic heterocycles. The van der Waals surface area contributed by atoms with Crippen molar-refractivity contribution in [2.75, 3.05) is 31.1 Å². The maximum Gasteiger partial charge on any atom is 0.319 e. The number of benzene rings is 2. The number of hydrogen-bond donors (Lipinski definition) is 2. The van der Waals surface area contributed by atoms with Crippen molar-refractivity contribution >= 4 is 43.4 Å². The van der Waals surface area contributed by atoms with E-state index in [0.717, 1.165) is 60.1 Å². The van der Waals surface area contributed by atoms with Gasteiger partial charge in [-0.1, -0.05) is 34.5 Å². The molecule has 2 aromatic carbocycles. The molecule has 9 rings (SSSR count). The Morgan fingerprint density at radius 3 is 2.82 bits per heavy atom. The molecule has 4 aromatic rings. The van der Waals surface area contributed by atoms with Crippen molar-refractivity contribution < 1.29 is 14.2 Å². The first kappa shape index (κ1) is 27.2. The fourth-order valence-corrected chi connectivity index (χ4v) is 9.90. The summed E-state index contributed by atoms with van der Waals surface area (Å²) in [7, 11) is 0. The van der Waals surface area contributed by atoms with E-state index in [9.17, 15) is 5.11 Å². The second-order valence-electron chi connectivity index (χ2n) is 13.7. The molecule has 2 bridgehead atoms. The number of pyridine rings is 1. The highest BCUT2D eigenvalue weighted by molar-refractivity contribution is 9.10. The van der Waals surface area contributed by atoms with Gasteiger partial charge in [-0.25, -0.2) is 4.39 Å². The van der Waals surface area contributed by atoms with E-state index in [4.69, 9.17) is 14.7 Å². The Morgan fingerprint density at radius 2 is 1.95 bits per heavy atom. The van der Waals surface area contributed by atoms with E-state index in [1.165, 1.54) is 32.1 Å². The lowest BCUT2D eigenvalue weighted by atomic mass is 9.90. The highest BCUT2D eigenvalue weighted by Gasteiger charge is 2.55. The number of piperazine rings is 1. The summed E-state index contributed by atoms with van der Waals surface area (Å²) >= 11 is 3.63. The van der Waals surface area contributed by atoms with Crippen LogP contribution in [0.3, 0.4) is 0 Å². The summed E-state index contributed by atoms with van der Waals surface area (Å²) in [6, 6.07) is 10.6. The number of halogens is 2. The van der Waals surface area contributed by atoms with Gasteiger partial charge in [-0.2, -0.15) is 9.97 Å². The Balaban J connectivity index is 1.16. The maximum atomic E-state index is 16.8. The van der Waals surface area contributed by atoms with E-state index in [1.54, 1.807) is 18.3 Å². The van der Waals surface area contributed by atoms with Crippen LogP contribution in [0, 0.1) is 11.7 Å². The lowest BCUT2D eigenvalue weighted by Crippen LogP contribution is -2.51. The Hall–Kier alpha value is -3.08. The average molecular weight is 660 g/mol. The summed E-state index contributed by atoms with van der Waals surface area (Å²) in [5, 5.41) is 16.4. The summed E-state index contributed by atoms with van der Waals surface area (Å²) in [6.07, 6.45) is 11.4. The molecule has 0 spiro atoms. The highest BCUT2D eigenvalue weighted by atomic mass is 79.9. The first-order chi connectivity index (χ1) is 21.5. The van der Waals surface area contributed by atoms with Crippen LogP contribution in [0.5, 0.6) is 11.8 Å². The minimum atomic E-state index is -0.534. The molecule has 0 radical (unpaired) electrons. The standard InChI is InChI=1S/C34H36BrFN6O2/c35-26-6-1-4-19-12-23(43)13-24(28(19)26)30-29(36)31-25(15-37-30)32(41-16-21-8-9-22(17-41)38-21)40-33(39-31)44-18-34-10-3-11-42(34)27-7-2-5-20(27)14-34/h1,4,6,12-13,15,20-22,27,38,43H,2-3,5,7-11,14,16-18H2/t20-,21?,22?,27-,34+/m1/s1. The second kappa shape index (κ2) is 10.2. The molecule has 10 heteroatoms. The number of anilines is 1. The molecule has 5 fully saturated rings. The number of fused-ring (bicyclic) bond motifs is 7. The molecule has 0 amide bonds. The number of nitrogens with one attached hydrogen (secondary N) is 1. The maximum absolute atomic E-state index is 16.8. The molecular formula is C34H36BrFN6O2. The van der Waals surface area contributed by atoms with Gasteiger partial charge in [0, 0.05) is 52.8 Å². The van der Waals surface area contributed by atoms with Crippen LogP contribution in [0.1, 0.15) is 51.4 Å². The van der Waals surface area contributed by atoms with Crippen LogP contribution >= 0.6 is 15.9 Å². The van der Waals surface area contributed by atoms with Gasteiger partial charge in [-0.3, -0.25) is 9.88 Å². The average Bonchev–Trinajstić information content (AvgIpc) is 3.77. The van der Waals surface area contributed by atoms with E-state index in [1.807, 2.05) is 18.2 Å². The van der Waals surface area contributed by atoms with Crippen molar-refractivity contribution in [3.63, 3.8) is 0 Å². The Labute approximate surface area is 264 Å². The van der Waals surface area contributed by atoms with Crippen LogP contribution in [-0.2, 0) is 0 Å². The number of phenolic OH excluding ortho intramolecular Hbond substituents is 1. The van der Waals surface area contributed by atoms with E-state index in [0.29, 0.717) is 41.5 Å². The topological polar surface area (TPSA) is 86.6 Å². The summed E-state index contributed by atoms with van der Waals surface area (Å²) in [4.78, 5) is 19.4. The Morgan fingerprint density at radius 1 is 1.09 bits per heavy atom. The molecular weight excluding hydrogens is 623 g/mol. The zero-order valence-electron chi connectivity index (χ0n) is 24.6. The van der Waals surface area contributed by atoms with Crippen LogP contribution in [0.25, 0.3) is 32.9 Å². The lowest BCUT2D eigenvalue weighted by Gasteiger charge is -2.35. The molecule has 8 nitrogen and oxygen atoms in total. The molecule has 5 atom stereocenters. The van der Waals surface area contributed by atoms with Gasteiger partial charge in [0.25, 0.3) is 0 Å². The zero-order chi connectivity index (χ0) is 29.6. The third-order valence-electron chi connectivity index (χ3n) is 11.1. The smallest absolute Gasteiger partial charge is 0.319 e.